The van der Waals surface area contributed by atoms with Gasteiger partial charge in [0.05, 0.1) is 11.7 Å². The molecular formula is C10H11BrN2O. The smallest absolute Gasteiger partial charge is 0.113 e. The Kier molecular flexibility index (Phi) is 2.84. The summed E-state index contributed by atoms with van der Waals surface area (Å²) in [5.41, 5.74) is 1.08. The minimum absolute atomic E-state index is 0.211. The molecule has 2 heterocycles. The third-order valence-corrected chi connectivity index (χ3v) is 2.60. The lowest BCUT2D eigenvalue weighted by Crippen LogP contribution is -1.96. The van der Waals surface area contributed by atoms with E-state index >= 15 is 0 Å². The first-order valence-corrected chi connectivity index (χ1v) is 5.33. The maximum Gasteiger partial charge on any atom is 0.113 e. The van der Waals surface area contributed by atoms with E-state index in [1.54, 1.807) is 0 Å². The van der Waals surface area contributed by atoms with Crippen LogP contribution in [-0.4, -0.2) is 21.1 Å². The molecule has 0 bridgehead atoms. The van der Waals surface area contributed by atoms with E-state index in [0.717, 1.165) is 28.7 Å². The first kappa shape index (κ1) is 9.68. The summed E-state index contributed by atoms with van der Waals surface area (Å²) in [6.07, 6.45) is 5.40. The molecule has 0 aliphatic rings. The van der Waals surface area contributed by atoms with Crippen molar-refractivity contribution in [2.24, 2.45) is 0 Å². The van der Waals surface area contributed by atoms with Crippen LogP contribution in [0.1, 0.15) is 12.2 Å². The number of aliphatic hydroxyl groups is 1. The number of hydrogen-bond acceptors (Lipinski definition) is 2. The fourth-order valence-corrected chi connectivity index (χ4v) is 1.78. The summed E-state index contributed by atoms with van der Waals surface area (Å²) in [5.74, 6) is 0.996. The van der Waals surface area contributed by atoms with E-state index < -0.39 is 0 Å². The van der Waals surface area contributed by atoms with Crippen molar-refractivity contribution in [3.63, 3.8) is 0 Å². The molecule has 0 spiro atoms. The molecule has 0 unspecified atom stereocenters. The van der Waals surface area contributed by atoms with Crippen LogP contribution in [0.3, 0.4) is 0 Å². The maximum absolute atomic E-state index is 8.75. The van der Waals surface area contributed by atoms with Crippen LogP contribution < -0.4 is 0 Å². The van der Waals surface area contributed by atoms with Crippen LogP contribution >= 0.6 is 15.9 Å². The van der Waals surface area contributed by atoms with Crippen LogP contribution in [0.5, 0.6) is 0 Å². The third-order valence-electron chi connectivity index (χ3n) is 2.13. The van der Waals surface area contributed by atoms with Gasteiger partial charge in [-0.25, -0.2) is 4.98 Å². The molecule has 1 N–H and O–H groups in total. The molecule has 0 radical (unpaired) electrons. The first-order valence-electron chi connectivity index (χ1n) is 4.53. The van der Waals surface area contributed by atoms with Crippen molar-refractivity contribution < 1.29 is 5.11 Å². The Hall–Kier alpha value is -0.870. The van der Waals surface area contributed by atoms with Crippen molar-refractivity contribution in [3.8, 4) is 0 Å². The molecule has 4 heteroatoms. The van der Waals surface area contributed by atoms with Gasteiger partial charge in [-0.1, -0.05) is 0 Å². The van der Waals surface area contributed by atoms with Gasteiger partial charge in [0.2, 0.25) is 0 Å². The SMILES string of the molecule is OCCCc1ncc2ccc(Br)cn12. The van der Waals surface area contributed by atoms with Crippen molar-refractivity contribution >= 4 is 21.4 Å². The van der Waals surface area contributed by atoms with E-state index in [1.165, 1.54) is 0 Å². The molecule has 0 aromatic carbocycles. The van der Waals surface area contributed by atoms with E-state index in [-0.39, 0.29) is 6.61 Å². The van der Waals surface area contributed by atoms with Crippen molar-refractivity contribution in [2.75, 3.05) is 6.61 Å². The monoisotopic (exact) mass is 254 g/mol. The number of pyridine rings is 1. The maximum atomic E-state index is 8.75. The summed E-state index contributed by atoms with van der Waals surface area (Å²) in [7, 11) is 0. The van der Waals surface area contributed by atoms with Crippen LogP contribution in [0.4, 0.5) is 0 Å². The minimum atomic E-state index is 0.211. The van der Waals surface area contributed by atoms with Crippen molar-refractivity contribution in [3.05, 3.63) is 34.8 Å². The average molecular weight is 255 g/mol. The van der Waals surface area contributed by atoms with Gasteiger partial charge in [0, 0.05) is 23.7 Å². The number of aromatic nitrogens is 2. The average Bonchev–Trinajstić information content (AvgIpc) is 2.57. The number of halogens is 1. The zero-order chi connectivity index (χ0) is 9.97. The number of imidazole rings is 1. The van der Waals surface area contributed by atoms with Gasteiger partial charge >= 0.3 is 0 Å². The van der Waals surface area contributed by atoms with Gasteiger partial charge in [0.1, 0.15) is 5.82 Å². The molecule has 0 aliphatic carbocycles. The Labute approximate surface area is 90.5 Å². The van der Waals surface area contributed by atoms with Gasteiger partial charge in [-0.3, -0.25) is 0 Å². The molecule has 0 fully saturated rings. The molecular weight excluding hydrogens is 244 g/mol. The first-order chi connectivity index (χ1) is 6.81. The lowest BCUT2D eigenvalue weighted by atomic mass is 10.3. The van der Waals surface area contributed by atoms with Crippen molar-refractivity contribution in [2.45, 2.75) is 12.8 Å². The molecule has 2 rings (SSSR count). The largest absolute Gasteiger partial charge is 0.396 e. The van der Waals surface area contributed by atoms with Gasteiger partial charge in [0.25, 0.3) is 0 Å². The second-order valence-electron chi connectivity index (χ2n) is 3.14. The quantitative estimate of drug-likeness (QED) is 0.911. The van der Waals surface area contributed by atoms with E-state index in [2.05, 4.69) is 20.9 Å². The van der Waals surface area contributed by atoms with E-state index in [4.69, 9.17) is 5.11 Å². The number of nitrogens with zero attached hydrogens (tertiary/aromatic N) is 2. The summed E-state index contributed by atoms with van der Waals surface area (Å²) >= 11 is 3.42. The Bertz CT molecular complexity index is 439. The Balaban J connectivity index is 2.40. The second-order valence-corrected chi connectivity index (χ2v) is 4.06. The van der Waals surface area contributed by atoms with Gasteiger partial charge < -0.3 is 9.51 Å². The van der Waals surface area contributed by atoms with E-state index in [1.807, 2.05) is 28.9 Å². The normalized spacial score (nSPS) is 11.0. The highest BCUT2D eigenvalue weighted by molar-refractivity contribution is 9.10. The lowest BCUT2D eigenvalue weighted by Gasteiger charge is -2.00. The Morgan fingerprint density at radius 2 is 2.29 bits per heavy atom. The van der Waals surface area contributed by atoms with Gasteiger partial charge in [-0.2, -0.15) is 0 Å². The highest BCUT2D eigenvalue weighted by Crippen LogP contribution is 2.14. The molecule has 14 heavy (non-hydrogen) atoms. The Morgan fingerprint density at radius 1 is 1.43 bits per heavy atom. The van der Waals surface area contributed by atoms with Crippen LogP contribution in [0.2, 0.25) is 0 Å². The molecule has 0 amide bonds. The van der Waals surface area contributed by atoms with Crippen LogP contribution in [0.15, 0.2) is 29.0 Å². The number of rotatable bonds is 3. The summed E-state index contributed by atoms with van der Waals surface area (Å²) < 4.78 is 3.08. The van der Waals surface area contributed by atoms with Gasteiger partial charge in [-0.15, -0.1) is 0 Å². The van der Waals surface area contributed by atoms with Crippen LogP contribution in [-0.2, 0) is 6.42 Å². The predicted molar refractivity (Wildman–Crippen MR) is 58.3 cm³/mol. The summed E-state index contributed by atoms with van der Waals surface area (Å²) in [6.45, 7) is 0.211. The summed E-state index contributed by atoms with van der Waals surface area (Å²) in [5, 5.41) is 8.75. The molecule has 2 aromatic rings. The van der Waals surface area contributed by atoms with Crippen molar-refractivity contribution in [1.82, 2.24) is 9.38 Å². The third kappa shape index (κ3) is 1.81. The molecule has 2 aromatic heterocycles. The van der Waals surface area contributed by atoms with Crippen LogP contribution in [0, 0.1) is 0 Å². The summed E-state index contributed by atoms with van der Waals surface area (Å²) in [6, 6.07) is 4.01. The number of aliphatic hydroxyl groups excluding tert-OH is 1. The second kappa shape index (κ2) is 4.11. The van der Waals surface area contributed by atoms with Crippen LogP contribution in [0.25, 0.3) is 5.52 Å². The summed E-state index contributed by atoms with van der Waals surface area (Å²) in [4.78, 5) is 4.30. The molecule has 74 valence electrons. The number of hydrogen-bond donors (Lipinski definition) is 1. The van der Waals surface area contributed by atoms with E-state index in [9.17, 15) is 0 Å². The highest BCUT2D eigenvalue weighted by Gasteiger charge is 2.02. The predicted octanol–water partition coefficient (Wildman–Crippen LogP) is 2.02. The molecule has 0 aliphatic heterocycles. The van der Waals surface area contributed by atoms with Gasteiger partial charge in [-0.05, 0) is 34.5 Å². The highest BCUT2D eigenvalue weighted by atomic mass is 79.9. The zero-order valence-corrected chi connectivity index (χ0v) is 9.24. The molecule has 0 saturated carbocycles. The van der Waals surface area contributed by atoms with Crippen molar-refractivity contribution in [1.29, 1.82) is 0 Å². The standard InChI is InChI=1S/C10H11BrN2O/c11-8-3-4-9-6-12-10(2-1-5-14)13(9)7-8/h3-4,6-7,14H,1-2,5H2. The van der Waals surface area contributed by atoms with E-state index in [0.29, 0.717) is 0 Å². The van der Waals surface area contributed by atoms with Gasteiger partial charge in [0.15, 0.2) is 0 Å². The molecule has 0 saturated heterocycles. The lowest BCUT2D eigenvalue weighted by molar-refractivity contribution is 0.287. The fraction of sp³-hybridized carbons (Fsp3) is 0.300. The topological polar surface area (TPSA) is 37.5 Å². The fourth-order valence-electron chi connectivity index (χ4n) is 1.44. The number of fused-ring (bicyclic) bond motifs is 1. The zero-order valence-electron chi connectivity index (χ0n) is 7.65. The Morgan fingerprint density at radius 3 is 3.07 bits per heavy atom. The molecule has 0 atom stereocenters. The number of aryl methyl sites for hydroxylation is 1. The molecule has 3 nitrogen and oxygen atoms in total. The minimum Gasteiger partial charge on any atom is -0.396 e.